The van der Waals surface area contributed by atoms with E-state index in [0.717, 1.165) is 22.8 Å². The average molecular weight is 408 g/mol. The Morgan fingerprint density at radius 2 is 1.83 bits per heavy atom. The van der Waals surface area contributed by atoms with Crippen molar-refractivity contribution in [1.82, 2.24) is 8.94 Å². The highest BCUT2D eigenvalue weighted by molar-refractivity contribution is 8.93. The third kappa shape index (κ3) is 4.11. The number of hydrogen-bond donors (Lipinski definition) is 1. The summed E-state index contributed by atoms with van der Waals surface area (Å²) in [4.78, 5) is 9.56. The first kappa shape index (κ1) is 18.4. The zero-order valence-corrected chi connectivity index (χ0v) is 15.7. The van der Waals surface area contributed by atoms with Crippen LogP contribution in [0.2, 0.25) is 0 Å². The highest BCUT2D eigenvalue weighted by Gasteiger charge is 2.10. The fourth-order valence-corrected chi connectivity index (χ4v) is 3.05. The highest BCUT2D eigenvalue weighted by atomic mass is 79.9. The Kier molecular flexibility index (Phi) is 6.72. The van der Waals surface area contributed by atoms with E-state index in [4.69, 9.17) is 9.84 Å². The van der Waals surface area contributed by atoms with Crippen molar-refractivity contribution in [2.75, 3.05) is 20.3 Å². The van der Waals surface area contributed by atoms with Crippen molar-refractivity contribution in [3.05, 3.63) is 59.4 Å². The standard InChI is InChI=1S/C17H17N3O2S.BrH/c1-22-15-9-7-13(8-10-15)16-19-17(18-11-12-21)23-20(16)14-5-3-2-4-6-14;/h2-10,21H,11-12H2,1H3;1H. The van der Waals surface area contributed by atoms with Crippen molar-refractivity contribution in [2.24, 2.45) is 4.99 Å². The van der Waals surface area contributed by atoms with Crippen molar-refractivity contribution < 1.29 is 9.84 Å². The van der Waals surface area contributed by atoms with Gasteiger partial charge in [-0.15, -0.1) is 17.0 Å². The van der Waals surface area contributed by atoms with E-state index >= 15 is 0 Å². The molecular formula is C17H18BrN3O2S. The Morgan fingerprint density at radius 3 is 2.46 bits per heavy atom. The monoisotopic (exact) mass is 407 g/mol. The maximum Gasteiger partial charge on any atom is 0.223 e. The number of methoxy groups -OCH3 is 1. The molecule has 0 radical (unpaired) electrons. The van der Waals surface area contributed by atoms with Crippen LogP contribution < -0.4 is 9.54 Å². The zero-order valence-electron chi connectivity index (χ0n) is 13.1. The molecule has 0 atom stereocenters. The number of para-hydroxylation sites is 1. The average Bonchev–Trinajstić information content (AvgIpc) is 3.05. The number of benzene rings is 2. The molecule has 0 aliphatic carbocycles. The van der Waals surface area contributed by atoms with Crippen LogP contribution in [0.3, 0.4) is 0 Å². The summed E-state index contributed by atoms with van der Waals surface area (Å²) in [6.07, 6.45) is 0. The van der Waals surface area contributed by atoms with Gasteiger partial charge < -0.3 is 9.84 Å². The van der Waals surface area contributed by atoms with Gasteiger partial charge in [-0.05, 0) is 47.9 Å². The minimum atomic E-state index is 0. The fourth-order valence-electron chi connectivity index (χ4n) is 2.15. The third-order valence-electron chi connectivity index (χ3n) is 3.25. The van der Waals surface area contributed by atoms with Crippen LogP contribution in [0.4, 0.5) is 0 Å². The van der Waals surface area contributed by atoms with Crippen molar-refractivity contribution in [3.8, 4) is 22.8 Å². The van der Waals surface area contributed by atoms with Crippen molar-refractivity contribution >= 4 is 28.5 Å². The Hall–Kier alpha value is -1.96. The van der Waals surface area contributed by atoms with Gasteiger partial charge in [0, 0.05) is 5.56 Å². The van der Waals surface area contributed by atoms with Gasteiger partial charge in [-0.25, -0.2) is 3.96 Å². The van der Waals surface area contributed by atoms with Crippen molar-refractivity contribution in [3.63, 3.8) is 0 Å². The van der Waals surface area contributed by atoms with Gasteiger partial charge in [0.05, 0.1) is 25.9 Å². The number of nitrogens with zero attached hydrogens (tertiary/aromatic N) is 3. The zero-order chi connectivity index (χ0) is 16.1. The van der Waals surface area contributed by atoms with Gasteiger partial charge in [0.15, 0.2) is 5.82 Å². The topological polar surface area (TPSA) is 59.6 Å². The van der Waals surface area contributed by atoms with E-state index in [9.17, 15) is 0 Å². The summed E-state index contributed by atoms with van der Waals surface area (Å²) < 4.78 is 7.25. The molecule has 3 aromatic rings. The van der Waals surface area contributed by atoms with E-state index in [1.54, 1.807) is 7.11 Å². The number of rotatable bonds is 5. The lowest BCUT2D eigenvalue weighted by molar-refractivity contribution is 0.305. The van der Waals surface area contributed by atoms with Crippen LogP contribution in [0.5, 0.6) is 5.75 Å². The number of aromatic nitrogens is 2. The number of ether oxygens (including phenoxy) is 1. The van der Waals surface area contributed by atoms with Crippen LogP contribution in [0, 0.1) is 0 Å². The maximum atomic E-state index is 8.96. The summed E-state index contributed by atoms with van der Waals surface area (Å²) in [5.41, 5.74) is 2.01. The van der Waals surface area contributed by atoms with Gasteiger partial charge in [0.2, 0.25) is 4.80 Å². The molecular weight excluding hydrogens is 390 g/mol. The highest BCUT2D eigenvalue weighted by Crippen LogP contribution is 2.24. The molecule has 24 heavy (non-hydrogen) atoms. The first-order valence-electron chi connectivity index (χ1n) is 7.23. The molecule has 0 saturated carbocycles. The quantitative estimate of drug-likeness (QED) is 0.706. The van der Waals surface area contributed by atoms with Crippen LogP contribution in [0.25, 0.3) is 17.1 Å². The van der Waals surface area contributed by atoms with Gasteiger partial charge in [-0.1, -0.05) is 18.2 Å². The van der Waals surface area contributed by atoms with E-state index in [-0.39, 0.29) is 23.6 Å². The number of halogens is 1. The van der Waals surface area contributed by atoms with Gasteiger partial charge in [-0.3, -0.25) is 4.99 Å². The normalized spacial score (nSPS) is 11.2. The minimum Gasteiger partial charge on any atom is -0.497 e. The summed E-state index contributed by atoms with van der Waals surface area (Å²) >= 11 is 1.45. The lowest BCUT2D eigenvalue weighted by Gasteiger charge is -2.06. The van der Waals surface area contributed by atoms with Gasteiger partial charge in [0.25, 0.3) is 0 Å². The van der Waals surface area contributed by atoms with Crippen LogP contribution in [-0.2, 0) is 0 Å². The van der Waals surface area contributed by atoms with Crippen LogP contribution >= 0.6 is 28.5 Å². The smallest absolute Gasteiger partial charge is 0.223 e. The Bertz CT molecular complexity index is 829. The van der Waals surface area contributed by atoms with Crippen LogP contribution in [0.1, 0.15) is 0 Å². The number of aliphatic hydroxyl groups is 1. The first-order valence-corrected chi connectivity index (χ1v) is 8.01. The minimum absolute atomic E-state index is 0. The summed E-state index contributed by atoms with van der Waals surface area (Å²) in [5.74, 6) is 1.63. The number of aliphatic hydroxyl groups excluding tert-OH is 1. The van der Waals surface area contributed by atoms with Crippen molar-refractivity contribution in [1.29, 1.82) is 0 Å². The van der Waals surface area contributed by atoms with E-state index in [1.165, 1.54) is 11.5 Å². The second kappa shape index (κ2) is 8.77. The van der Waals surface area contributed by atoms with Gasteiger partial charge in [-0.2, -0.15) is 4.98 Å². The fraction of sp³-hybridized carbons (Fsp3) is 0.176. The number of hydrogen-bond acceptors (Lipinski definition) is 5. The lowest BCUT2D eigenvalue weighted by Crippen LogP contribution is -2.01. The molecule has 1 aromatic heterocycles. The Morgan fingerprint density at radius 1 is 1.12 bits per heavy atom. The predicted molar refractivity (Wildman–Crippen MR) is 101 cm³/mol. The molecule has 0 saturated heterocycles. The third-order valence-corrected chi connectivity index (χ3v) is 4.20. The second-order valence-electron chi connectivity index (χ2n) is 4.77. The molecule has 1 N–H and O–H groups in total. The summed E-state index contributed by atoms with van der Waals surface area (Å²) in [7, 11) is 1.65. The van der Waals surface area contributed by atoms with Crippen LogP contribution in [-0.4, -0.2) is 34.3 Å². The molecule has 0 fully saturated rings. The molecule has 126 valence electrons. The molecule has 0 bridgehead atoms. The summed E-state index contributed by atoms with van der Waals surface area (Å²) in [6, 6.07) is 17.8. The van der Waals surface area contributed by atoms with E-state index in [2.05, 4.69) is 9.98 Å². The predicted octanol–water partition coefficient (Wildman–Crippen LogP) is 3.08. The summed E-state index contributed by atoms with van der Waals surface area (Å²) in [5, 5.41) is 8.96. The molecule has 5 nitrogen and oxygen atoms in total. The van der Waals surface area contributed by atoms with E-state index in [1.807, 2.05) is 58.6 Å². The Balaban J connectivity index is 0.00000208. The lowest BCUT2D eigenvalue weighted by atomic mass is 10.2. The maximum absolute atomic E-state index is 8.96. The Labute approximate surface area is 154 Å². The van der Waals surface area contributed by atoms with Gasteiger partial charge >= 0.3 is 0 Å². The van der Waals surface area contributed by atoms with Gasteiger partial charge in [0.1, 0.15) is 5.75 Å². The molecule has 3 rings (SSSR count). The van der Waals surface area contributed by atoms with E-state index < -0.39 is 0 Å². The largest absolute Gasteiger partial charge is 0.497 e. The molecule has 7 heteroatoms. The first-order chi connectivity index (χ1) is 11.3. The molecule has 0 amide bonds. The second-order valence-corrected chi connectivity index (χ2v) is 5.69. The molecule has 0 unspecified atom stereocenters. The van der Waals surface area contributed by atoms with Crippen LogP contribution in [0.15, 0.2) is 59.6 Å². The molecule has 0 spiro atoms. The molecule has 2 aromatic carbocycles. The molecule has 1 heterocycles. The SMILES string of the molecule is Br.COc1ccc(-c2nc(=NCCO)sn2-c2ccccc2)cc1. The molecule has 0 aliphatic heterocycles. The van der Waals surface area contributed by atoms with Crippen molar-refractivity contribution in [2.45, 2.75) is 0 Å². The van der Waals surface area contributed by atoms with E-state index in [0.29, 0.717) is 11.3 Å². The summed E-state index contributed by atoms with van der Waals surface area (Å²) in [6.45, 7) is 0.368. The molecule has 0 aliphatic rings.